The predicted molar refractivity (Wildman–Crippen MR) is 84.1 cm³/mol. The maximum Gasteiger partial charge on any atom is 0.240 e. The molecule has 1 N–H and O–H groups in total. The van der Waals surface area contributed by atoms with E-state index in [1.165, 1.54) is 0 Å². The first-order valence-corrected chi connectivity index (χ1v) is 9.24. The second kappa shape index (κ2) is 6.13. The van der Waals surface area contributed by atoms with E-state index in [-0.39, 0.29) is 6.04 Å². The third-order valence-electron chi connectivity index (χ3n) is 3.60. The van der Waals surface area contributed by atoms with Crippen molar-refractivity contribution in [1.29, 1.82) is 0 Å². The van der Waals surface area contributed by atoms with E-state index in [1.807, 2.05) is 5.38 Å². The Morgan fingerprint density at radius 3 is 2.86 bits per heavy atom. The first-order valence-electron chi connectivity index (χ1n) is 6.88. The van der Waals surface area contributed by atoms with Crippen LogP contribution in [0.3, 0.4) is 0 Å². The van der Waals surface area contributed by atoms with Crippen molar-refractivity contribution in [3.63, 3.8) is 0 Å². The number of aromatic nitrogens is 1. The molecular formula is C14H17N3O2S2. The molecule has 1 aliphatic rings. The zero-order chi connectivity index (χ0) is 14.7. The van der Waals surface area contributed by atoms with Crippen LogP contribution in [0.2, 0.25) is 0 Å². The number of rotatable bonds is 5. The molecule has 1 atom stereocenters. The van der Waals surface area contributed by atoms with Crippen LogP contribution in [0.4, 0.5) is 5.13 Å². The van der Waals surface area contributed by atoms with Crippen molar-refractivity contribution >= 4 is 26.5 Å². The summed E-state index contributed by atoms with van der Waals surface area (Å²) in [5.74, 6) is 0. The first-order chi connectivity index (χ1) is 10.2. The Morgan fingerprint density at radius 2 is 2.14 bits per heavy atom. The van der Waals surface area contributed by atoms with Gasteiger partial charge in [-0.15, -0.1) is 11.3 Å². The summed E-state index contributed by atoms with van der Waals surface area (Å²) in [7, 11) is -3.43. The zero-order valence-electron chi connectivity index (χ0n) is 11.5. The molecule has 1 fully saturated rings. The van der Waals surface area contributed by atoms with Crippen molar-refractivity contribution in [2.24, 2.45) is 0 Å². The van der Waals surface area contributed by atoms with Crippen molar-refractivity contribution in [2.45, 2.75) is 23.8 Å². The number of benzene rings is 1. The fourth-order valence-electron chi connectivity index (χ4n) is 2.55. The molecule has 2 heterocycles. The Hall–Kier alpha value is -1.44. The number of nitrogens with one attached hydrogen (secondary N) is 1. The minimum atomic E-state index is -3.43. The van der Waals surface area contributed by atoms with Crippen LogP contribution in [0, 0.1) is 0 Å². The normalized spacial score (nSPS) is 19.0. The third-order valence-corrected chi connectivity index (χ3v) is 5.85. The van der Waals surface area contributed by atoms with Crippen LogP contribution in [0.5, 0.6) is 0 Å². The highest BCUT2D eigenvalue weighted by atomic mass is 32.2. The van der Waals surface area contributed by atoms with Gasteiger partial charge in [-0.25, -0.2) is 18.1 Å². The predicted octanol–water partition coefficient (Wildman–Crippen LogP) is 2.09. The molecule has 0 bridgehead atoms. The van der Waals surface area contributed by atoms with Gasteiger partial charge in [0.25, 0.3) is 0 Å². The van der Waals surface area contributed by atoms with Crippen LogP contribution in [-0.2, 0) is 10.0 Å². The summed E-state index contributed by atoms with van der Waals surface area (Å²) in [6, 6.07) is 8.65. The second-order valence-corrected chi connectivity index (χ2v) is 7.61. The van der Waals surface area contributed by atoms with E-state index in [0.717, 1.165) is 24.5 Å². The fraction of sp³-hybridized carbons (Fsp3) is 0.357. The lowest BCUT2D eigenvalue weighted by Gasteiger charge is -2.24. The SMILES string of the molecule is O=S(=O)(NCC1CCCN1c1nccs1)c1ccccc1. The number of thiazole rings is 1. The fourth-order valence-corrected chi connectivity index (χ4v) is 4.38. The van der Waals surface area contributed by atoms with E-state index >= 15 is 0 Å². The summed E-state index contributed by atoms with van der Waals surface area (Å²) < 4.78 is 27.2. The molecule has 2 aromatic rings. The van der Waals surface area contributed by atoms with Crippen LogP contribution in [0.15, 0.2) is 46.8 Å². The lowest BCUT2D eigenvalue weighted by Crippen LogP contribution is -2.40. The number of anilines is 1. The number of hydrogen-bond donors (Lipinski definition) is 1. The molecule has 0 radical (unpaired) electrons. The van der Waals surface area contributed by atoms with E-state index < -0.39 is 10.0 Å². The Balaban J connectivity index is 1.67. The Bertz CT molecular complexity index is 672. The van der Waals surface area contributed by atoms with Gasteiger partial charge in [0, 0.05) is 30.7 Å². The summed E-state index contributed by atoms with van der Waals surface area (Å²) in [5, 5.41) is 2.91. The molecule has 7 heteroatoms. The Morgan fingerprint density at radius 1 is 1.33 bits per heavy atom. The van der Waals surface area contributed by atoms with E-state index in [1.54, 1.807) is 47.9 Å². The smallest absolute Gasteiger partial charge is 0.240 e. The minimum Gasteiger partial charge on any atom is -0.344 e. The first kappa shape index (κ1) is 14.5. The van der Waals surface area contributed by atoms with Crippen LogP contribution < -0.4 is 9.62 Å². The lowest BCUT2D eigenvalue weighted by molar-refractivity contribution is 0.567. The molecule has 21 heavy (non-hydrogen) atoms. The maximum atomic E-state index is 12.2. The summed E-state index contributed by atoms with van der Waals surface area (Å²) in [5.41, 5.74) is 0. The molecule has 1 aromatic heterocycles. The van der Waals surface area contributed by atoms with Crippen LogP contribution >= 0.6 is 11.3 Å². The van der Waals surface area contributed by atoms with Gasteiger partial charge in [0.05, 0.1) is 4.90 Å². The van der Waals surface area contributed by atoms with Gasteiger partial charge in [0.2, 0.25) is 10.0 Å². The van der Waals surface area contributed by atoms with E-state index in [0.29, 0.717) is 11.4 Å². The molecule has 3 rings (SSSR count). The number of nitrogens with zero attached hydrogens (tertiary/aromatic N) is 2. The topological polar surface area (TPSA) is 62.3 Å². The third kappa shape index (κ3) is 3.25. The number of hydrogen-bond acceptors (Lipinski definition) is 5. The van der Waals surface area contributed by atoms with Crippen LogP contribution in [-0.4, -0.2) is 32.5 Å². The molecule has 5 nitrogen and oxygen atoms in total. The van der Waals surface area contributed by atoms with E-state index in [4.69, 9.17) is 0 Å². The molecule has 1 unspecified atom stereocenters. The molecule has 0 saturated carbocycles. The molecule has 1 aromatic carbocycles. The zero-order valence-corrected chi connectivity index (χ0v) is 13.1. The Labute approximate surface area is 128 Å². The van der Waals surface area contributed by atoms with Gasteiger partial charge < -0.3 is 4.90 Å². The van der Waals surface area contributed by atoms with Crippen LogP contribution in [0.25, 0.3) is 0 Å². The molecule has 1 saturated heterocycles. The van der Waals surface area contributed by atoms with Crippen molar-refractivity contribution < 1.29 is 8.42 Å². The summed E-state index contributed by atoms with van der Waals surface area (Å²) in [6.07, 6.45) is 3.83. The standard InChI is InChI=1S/C14H17N3O2S2/c18-21(19,13-6-2-1-3-7-13)16-11-12-5-4-9-17(12)14-15-8-10-20-14/h1-3,6-8,10,12,16H,4-5,9,11H2. The second-order valence-electron chi connectivity index (χ2n) is 4.97. The minimum absolute atomic E-state index is 0.176. The highest BCUT2D eigenvalue weighted by Gasteiger charge is 2.27. The molecule has 1 aliphatic heterocycles. The number of sulfonamides is 1. The van der Waals surface area contributed by atoms with Gasteiger partial charge in [-0.1, -0.05) is 18.2 Å². The average molecular weight is 323 g/mol. The van der Waals surface area contributed by atoms with Gasteiger partial charge in [-0.3, -0.25) is 0 Å². The lowest BCUT2D eigenvalue weighted by atomic mass is 10.2. The van der Waals surface area contributed by atoms with Crippen molar-refractivity contribution in [2.75, 3.05) is 18.0 Å². The molecule has 112 valence electrons. The molecule has 0 spiro atoms. The van der Waals surface area contributed by atoms with Crippen molar-refractivity contribution in [3.05, 3.63) is 41.9 Å². The molecule has 0 aliphatic carbocycles. The molecule has 0 amide bonds. The molecular weight excluding hydrogens is 306 g/mol. The van der Waals surface area contributed by atoms with Gasteiger partial charge in [-0.05, 0) is 25.0 Å². The van der Waals surface area contributed by atoms with Crippen LogP contribution in [0.1, 0.15) is 12.8 Å². The summed E-state index contributed by atoms with van der Waals surface area (Å²) >= 11 is 1.59. The summed E-state index contributed by atoms with van der Waals surface area (Å²) in [4.78, 5) is 6.82. The average Bonchev–Trinajstić information content (AvgIpc) is 3.17. The monoisotopic (exact) mass is 323 g/mol. The largest absolute Gasteiger partial charge is 0.344 e. The summed E-state index contributed by atoms with van der Waals surface area (Å²) in [6.45, 7) is 1.35. The Kier molecular flexibility index (Phi) is 4.23. The quantitative estimate of drug-likeness (QED) is 0.915. The van der Waals surface area contributed by atoms with Crippen molar-refractivity contribution in [3.8, 4) is 0 Å². The van der Waals surface area contributed by atoms with E-state index in [9.17, 15) is 8.42 Å². The van der Waals surface area contributed by atoms with Gasteiger partial charge >= 0.3 is 0 Å². The van der Waals surface area contributed by atoms with Gasteiger partial charge in [-0.2, -0.15) is 0 Å². The van der Waals surface area contributed by atoms with Gasteiger partial charge in [0.1, 0.15) is 0 Å². The van der Waals surface area contributed by atoms with Crippen molar-refractivity contribution in [1.82, 2.24) is 9.71 Å². The highest BCUT2D eigenvalue weighted by molar-refractivity contribution is 7.89. The maximum absolute atomic E-state index is 12.2. The van der Waals surface area contributed by atoms with Gasteiger partial charge in [0.15, 0.2) is 5.13 Å². The van der Waals surface area contributed by atoms with E-state index in [2.05, 4.69) is 14.6 Å². The highest BCUT2D eigenvalue weighted by Crippen LogP contribution is 2.27.